The molecule has 2 N–H and O–H groups in total. The van der Waals surface area contributed by atoms with Crippen molar-refractivity contribution in [2.24, 2.45) is 0 Å². The van der Waals surface area contributed by atoms with Gasteiger partial charge in [0.25, 0.3) is 0 Å². The van der Waals surface area contributed by atoms with Crippen molar-refractivity contribution < 1.29 is 13.2 Å². The number of hydrogen-bond donors (Lipinski definition) is 2. The van der Waals surface area contributed by atoms with Crippen molar-refractivity contribution in [1.29, 1.82) is 0 Å². The molecule has 1 aromatic heterocycles. The van der Waals surface area contributed by atoms with Crippen molar-refractivity contribution in [1.82, 2.24) is 19.2 Å². The first-order valence-corrected chi connectivity index (χ1v) is 12.4. The number of aromatic nitrogens is 2. The predicted molar refractivity (Wildman–Crippen MR) is 124 cm³/mol. The molecule has 170 valence electrons. The number of benzene rings is 2. The summed E-state index contributed by atoms with van der Waals surface area (Å²) < 4.78 is 29.6. The first-order valence-electron chi connectivity index (χ1n) is 10.1. The van der Waals surface area contributed by atoms with E-state index >= 15 is 0 Å². The van der Waals surface area contributed by atoms with Crippen LogP contribution in [0, 0.1) is 0 Å². The fraction of sp³-hybridized carbons (Fsp3) is 0.333. The normalized spacial score (nSPS) is 16.4. The number of para-hydroxylation sites is 2. The summed E-state index contributed by atoms with van der Waals surface area (Å²) in [7, 11) is -4.09. The Hall–Kier alpha value is -2.33. The second kappa shape index (κ2) is 8.90. The number of H-pyrrole nitrogens is 1. The Morgan fingerprint density at radius 3 is 2.38 bits per heavy atom. The number of likely N-dealkylation sites (tertiary alicyclic amines) is 1. The van der Waals surface area contributed by atoms with Crippen LogP contribution in [-0.4, -0.2) is 47.9 Å². The number of nitrogens with one attached hydrogen (secondary N) is 2. The lowest BCUT2D eigenvalue weighted by Gasteiger charge is -2.34. The van der Waals surface area contributed by atoms with Crippen molar-refractivity contribution in [3.05, 3.63) is 63.0 Å². The van der Waals surface area contributed by atoms with Crippen LogP contribution in [0.5, 0.6) is 0 Å². The van der Waals surface area contributed by atoms with Gasteiger partial charge in [-0.25, -0.2) is 13.2 Å². The molecule has 1 aliphatic rings. The number of halogens is 2. The maximum absolute atomic E-state index is 12.9. The highest BCUT2D eigenvalue weighted by atomic mass is 35.5. The Bertz CT molecular complexity index is 1310. The van der Waals surface area contributed by atoms with Crippen molar-refractivity contribution >= 4 is 50.2 Å². The minimum atomic E-state index is -4.09. The van der Waals surface area contributed by atoms with Crippen LogP contribution in [0.15, 0.2) is 52.2 Å². The maximum atomic E-state index is 12.9. The van der Waals surface area contributed by atoms with Gasteiger partial charge in [-0.1, -0.05) is 41.4 Å². The standard InChI is InChI=1S/C21H22Cl2N4O4S/c1-13(25-32(30,31)19-15(22)5-4-6-16(19)23)20(28)26-11-9-14(10-12-26)27-18-8-3-2-7-17(18)24-21(27)29/h2-8,13-14,25H,9-12H2,1H3,(H,24,29)/t13-/m0/s1. The lowest BCUT2D eigenvalue weighted by molar-refractivity contribution is -0.133. The Morgan fingerprint density at radius 2 is 1.72 bits per heavy atom. The molecule has 0 aliphatic carbocycles. The zero-order valence-electron chi connectivity index (χ0n) is 17.2. The van der Waals surface area contributed by atoms with Gasteiger partial charge in [0.05, 0.1) is 27.1 Å². The van der Waals surface area contributed by atoms with E-state index in [1.165, 1.54) is 19.1 Å². The molecule has 0 unspecified atom stereocenters. The van der Waals surface area contributed by atoms with Crippen LogP contribution >= 0.6 is 23.2 Å². The number of aromatic amines is 1. The highest BCUT2D eigenvalue weighted by Gasteiger charge is 2.31. The summed E-state index contributed by atoms with van der Waals surface area (Å²) >= 11 is 12.0. The molecular formula is C21H22Cl2N4O4S. The van der Waals surface area contributed by atoms with Gasteiger partial charge in [-0.05, 0) is 44.0 Å². The van der Waals surface area contributed by atoms with Gasteiger partial charge in [0, 0.05) is 19.1 Å². The third-order valence-corrected chi connectivity index (χ3v) is 8.15. The molecule has 3 aromatic rings. The SMILES string of the molecule is C[C@H](NS(=O)(=O)c1c(Cl)cccc1Cl)C(=O)N1CCC(n2c(=O)[nH]c3ccccc32)CC1. The summed E-state index contributed by atoms with van der Waals surface area (Å²) in [6.07, 6.45) is 1.17. The molecular weight excluding hydrogens is 475 g/mol. The van der Waals surface area contributed by atoms with Crippen LogP contribution in [0.2, 0.25) is 10.0 Å². The summed E-state index contributed by atoms with van der Waals surface area (Å²) in [6, 6.07) is 10.8. The summed E-state index contributed by atoms with van der Waals surface area (Å²) in [5, 5.41) is -0.0377. The summed E-state index contributed by atoms with van der Waals surface area (Å²) in [4.78, 5) is 29.6. The zero-order valence-corrected chi connectivity index (χ0v) is 19.5. The zero-order chi connectivity index (χ0) is 23.0. The number of rotatable bonds is 5. The number of hydrogen-bond acceptors (Lipinski definition) is 4. The van der Waals surface area contributed by atoms with E-state index in [9.17, 15) is 18.0 Å². The second-order valence-electron chi connectivity index (χ2n) is 7.77. The third-order valence-electron chi connectivity index (χ3n) is 5.66. The number of fused-ring (bicyclic) bond motifs is 1. The number of carbonyl (C=O) groups is 1. The number of amides is 1. The van der Waals surface area contributed by atoms with Crippen LogP contribution in [0.4, 0.5) is 0 Å². The molecule has 0 saturated carbocycles. The minimum Gasteiger partial charge on any atom is -0.341 e. The molecule has 0 spiro atoms. The van der Waals surface area contributed by atoms with Crippen LogP contribution < -0.4 is 10.4 Å². The lowest BCUT2D eigenvalue weighted by atomic mass is 10.0. The predicted octanol–water partition coefficient (Wildman–Crippen LogP) is 3.17. The van der Waals surface area contributed by atoms with Gasteiger partial charge in [0.15, 0.2) is 0 Å². The minimum absolute atomic E-state index is 0.0189. The Kier molecular flexibility index (Phi) is 6.35. The van der Waals surface area contributed by atoms with E-state index in [0.29, 0.717) is 25.9 Å². The topological polar surface area (TPSA) is 104 Å². The van der Waals surface area contributed by atoms with Gasteiger partial charge in [-0.3, -0.25) is 9.36 Å². The van der Waals surface area contributed by atoms with Gasteiger partial charge in [-0.15, -0.1) is 0 Å². The highest BCUT2D eigenvalue weighted by molar-refractivity contribution is 7.89. The fourth-order valence-corrected chi connectivity index (χ4v) is 6.48. The van der Waals surface area contributed by atoms with E-state index in [0.717, 1.165) is 11.0 Å². The first kappa shape index (κ1) is 22.8. The van der Waals surface area contributed by atoms with Gasteiger partial charge >= 0.3 is 5.69 Å². The van der Waals surface area contributed by atoms with Crippen molar-refractivity contribution in [3.63, 3.8) is 0 Å². The smallest absolute Gasteiger partial charge is 0.326 e. The average Bonchev–Trinajstić information content (AvgIpc) is 3.08. The van der Waals surface area contributed by atoms with E-state index < -0.39 is 16.1 Å². The van der Waals surface area contributed by atoms with Gasteiger partial charge in [-0.2, -0.15) is 4.72 Å². The third kappa shape index (κ3) is 4.30. The Balaban J connectivity index is 1.44. The van der Waals surface area contributed by atoms with Crippen molar-refractivity contribution in [3.8, 4) is 0 Å². The number of piperidine rings is 1. The van der Waals surface area contributed by atoms with E-state index in [-0.39, 0.29) is 32.6 Å². The van der Waals surface area contributed by atoms with Crippen LogP contribution in [-0.2, 0) is 14.8 Å². The number of carbonyl (C=O) groups excluding carboxylic acids is 1. The molecule has 0 radical (unpaired) electrons. The number of imidazole rings is 1. The van der Waals surface area contributed by atoms with Crippen LogP contribution in [0.25, 0.3) is 11.0 Å². The summed E-state index contributed by atoms with van der Waals surface area (Å²) in [5.74, 6) is -0.346. The Morgan fingerprint density at radius 1 is 1.09 bits per heavy atom. The van der Waals surface area contributed by atoms with E-state index in [2.05, 4.69) is 9.71 Å². The summed E-state index contributed by atoms with van der Waals surface area (Å²) in [5.41, 5.74) is 1.44. The Labute approximate surface area is 195 Å². The number of nitrogens with zero attached hydrogens (tertiary/aromatic N) is 2. The first-order chi connectivity index (χ1) is 15.2. The molecule has 32 heavy (non-hydrogen) atoms. The van der Waals surface area contributed by atoms with Crippen molar-refractivity contribution in [2.75, 3.05) is 13.1 Å². The van der Waals surface area contributed by atoms with E-state index in [1.54, 1.807) is 15.5 Å². The molecule has 1 saturated heterocycles. The fourth-order valence-electron chi connectivity index (χ4n) is 4.14. The van der Waals surface area contributed by atoms with E-state index in [1.807, 2.05) is 24.3 Å². The van der Waals surface area contributed by atoms with Crippen molar-refractivity contribution in [2.45, 2.75) is 36.7 Å². The molecule has 2 aromatic carbocycles. The van der Waals surface area contributed by atoms with E-state index in [4.69, 9.17) is 23.2 Å². The quantitative estimate of drug-likeness (QED) is 0.565. The highest BCUT2D eigenvalue weighted by Crippen LogP contribution is 2.29. The maximum Gasteiger partial charge on any atom is 0.326 e. The molecule has 1 fully saturated rings. The molecule has 1 aliphatic heterocycles. The number of sulfonamides is 1. The lowest BCUT2D eigenvalue weighted by Crippen LogP contribution is -2.49. The molecule has 8 nitrogen and oxygen atoms in total. The monoisotopic (exact) mass is 496 g/mol. The van der Waals surface area contributed by atoms with Gasteiger partial charge in [0.1, 0.15) is 4.90 Å². The molecule has 11 heteroatoms. The van der Waals surface area contributed by atoms with Gasteiger partial charge < -0.3 is 9.88 Å². The second-order valence-corrected chi connectivity index (χ2v) is 10.2. The molecule has 1 atom stereocenters. The molecule has 2 heterocycles. The van der Waals surface area contributed by atoms with Crippen LogP contribution in [0.1, 0.15) is 25.8 Å². The van der Waals surface area contributed by atoms with Crippen LogP contribution in [0.3, 0.4) is 0 Å². The molecule has 4 rings (SSSR count). The molecule has 0 bridgehead atoms. The average molecular weight is 497 g/mol. The van der Waals surface area contributed by atoms with Gasteiger partial charge in [0.2, 0.25) is 15.9 Å². The largest absolute Gasteiger partial charge is 0.341 e. The molecule has 1 amide bonds. The summed E-state index contributed by atoms with van der Waals surface area (Å²) in [6.45, 7) is 2.31.